The van der Waals surface area contributed by atoms with Crippen LogP contribution in [0, 0.1) is 0 Å². The van der Waals surface area contributed by atoms with E-state index in [1.807, 2.05) is 18.2 Å². The van der Waals surface area contributed by atoms with Gasteiger partial charge < -0.3 is 20.4 Å². The van der Waals surface area contributed by atoms with Gasteiger partial charge in [-0.15, -0.1) is 0 Å². The summed E-state index contributed by atoms with van der Waals surface area (Å²) in [6, 6.07) is 16.2. The molecule has 0 aliphatic carbocycles. The predicted octanol–water partition coefficient (Wildman–Crippen LogP) is 3.20. The molecule has 0 unspecified atom stereocenters. The van der Waals surface area contributed by atoms with Gasteiger partial charge in [-0.05, 0) is 37.3 Å². The zero-order chi connectivity index (χ0) is 19.2. The maximum Gasteiger partial charge on any atom is 0.318 e. The third-order valence-electron chi connectivity index (χ3n) is 4.51. The number of piperazine rings is 1. The van der Waals surface area contributed by atoms with Crippen LogP contribution in [0.25, 0.3) is 0 Å². The van der Waals surface area contributed by atoms with Crippen molar-refractivity contribution in [3.05, 3.63) is 59.6 Å². The molecule has 142 valence electrons. The number of amides is 3. The van der Waals surface area contributed by atoms with Crippen LogP contribution in [-0.4, -0.2) is 49.1 Å². The van der Waals surface area contributed by atoms with Crippen LogP contribution in [0.5, 0.6) is 0 Å². The number of anilines is 2. The molecule has 0 radical (unpaired) electrons. The number of nitrogens with one attached hydrogen (secondary N) is 2. The van der Waals surface area contributed by atoms with E-state index >= 15 is 0 Å². The minimum Gasteiger partial charge on any atom is -0.368 e. The van der Waals surface area contributed by atoms with Crippen LogP contribution in [0.2, 0.25) is 5.02 Å². The van der Waals surface area contributed by atoms with E-state index in [9.17, 15) is 9.59 Å². The maximum atomic E-state index is 12.5. The van der Waals surface area contributed by atoms with Crippen LogP contribution in [0.3, 0.4) is 0 Å². The summed E-state index contributed by atoms with van der Waals surface area (Å²) in [5.74, 6) is -0.284. The highest BCUT2D eigenvalue weighted by Crippen LogP contribution is 2.16. The summed E-state index contributed by atoms with van der Waals surface area (Å²) in [6.07, 6.45) is 0. The lowest BCUT2D eigenvalue weighted by atomic mass is 10.2. The van der Waals surface area contributed by atoms with Crippen LogP contribution in [0.15, 0.2) is 54.6 Å². The second-order valence-electron chi connectivity index (χ2n) is 6.48. The van der Waals surface area contributed by atoms with E-state index in [1.54, 1.807) is 36.1 Å². The molecule has 1 aliphatic heterocycles. The van der Waals surface area contributed by atoms with Crippen molar-refractivity contribution in [1.29, 1.82) is 0 Å². The number of hydrogen-bond acceptors (Lipinski definition) is 3. The van der Waals surface area contributed by atoms with Crippen molar-refractivity contribution >= 4 is 34.9 Å². The molecule has 0 aromatic heterocycles. The molecule has 1 aliphatic rings. The Morgan fingerprint density at radius 1 is 1.00 bits per heavy atom. The first-order chi connectivity index (χ1) is 13.0. The van der Waals surface area contributed by atoms with Gasteiger partial charge in [0.1, 0.15) is 6.04 Å². The molecule has 1 saturated heterocycles. The van der Waals surface area contributed by atoms with E-state index in [1.165, 1.54) is 0 Å². The Morgan fingerprint density at radius 3 is 2.37 bits per heavy atom. The van der Waals surface area contributed by atoms with Gasteiger partial charge in [-0.1, -0.05) is 35.9 Å². The normalized spacial score (nSPS) is 15.2. The topological polar surface area (TPSA) is 64.7 Å². The molecular formula is C20H23ClN4O2. The molecule has 2 aromatic carbocycles. The third kappa shape index (κ3) is 5.14. The van der Waals surface area contributed by atoms with Crippen molar-refractivity contribution in [2.24, 2.45) is 0 Å². The Kier molecular flexibility index (Phi) is 6.19. The highest BCUT2D eigenvalue weighted by molar-refractivity contribution is 6.30. The fourth-order valence-electron chi connectivity index (χ4n) is 2.97. The summed E-state index contributed by atoms with van der Waals surface area (Å²) in [5, 5.41) is 6.06. The number of halogens is 1. The van der Waals surface area contributed by atoms with E-state index in [4.69, 9.17) is 11.6 Å². The SMILES string of the molecule is C[C@@H](NC(=O)N1CCN(c2ccccc2)CC1)C(=O)Nc1cccc(Cl)c1. The van der Waals surface area contributed by atoms with Crippen LogP contribution >= 0.6 is 11.6 Å². The van der Waals surface area contributed by atoms with E-state index in [-0.39, 0.29) is 11.9 Å². The number of urea groups is 1. The van der Waals surface area contributed by atoms with Crippen LogP contribution < -0.4 is 15.5 Å². The Morgan fingerprint density at radius 2 is 1.70 bits per heavy atom. The molecule has 0 spiro atoms. The molecular weight excluding hydrogens is 364 g/mol. The van der Waals surface area contributed by atoms with Gasteiger partial charge in [-0.25, -0.2) is 4.79 Å². The first kappa shape index (κ1) is 19.0. The molecule has 0 saturated carbocycles. The smallest absolute Gasteiger partial charge is 0.318 e. The second-order valence-corrected chi connectivity index (χ2v) is 6.92. The standard InChI is InChI=1S/C20H23ClN4O2/c1-15(19(26)23-17-7-5-6-16(21)14-17)22-20(27)25-12-10-24(11-13-25)18-8-3-2-4-9-18/h2-9,14-15H,10-13H2,1H3,(H,22,27)(H,23,26)/t15-/m1/s1. The number of benzene rings is 2. The Balaban J connectivity index is 1.48. The first-order valence-electron chi connectivity index (χ1n) is 8.95. The van der Waals surface area contributed by atoms with Gasteiger partial charge in [-0.3, -0.25) is 4.79 Å². The van der Waals surface area contributed by atoms with Crippen molar-refractivity contribution in [3.63, 3.8) is 0 Å². The summed E-state index contributed by atoms with van der Waals surface area (Å²) in [4.78, 5) is 28.7. The Hall–Kier alpha value is -2.73. The number of nitrogens with zero attached hydrogens (tertiary/aromatic N) is 2. The van der Waals surface area contributed by atoms with Crippen LogP contribution in [0.1, 0.15) is 6.92 Å². The van der Waals surface area contributed by atoms with Gasteiger partial charge in [0.25, 0.3) is 0 Å². The largest absolute Gasteiger partial charge is 0.368 e. The monoisotopic (exact) mass is 386 g/mol. The average molecular weight is 387 g/mol. The fourth-order valence-corrected chi connectivity index (χ4v) is 3.16. The fraction of sp³-hybridized carbons (Fsp3) is 0.300. The summed E-state index contributed by atoms with van der Waals surface area (Å²) < 4.78 is 0. The van der Waals surface area contributed by atoms with Crippen molar-refractivity contribution in [2.75, 3.05) is 36.4 Å². The minimum absolute atomic E-state index is 0.226. The molecule has 3 rings (SSSR count). The molecule has 6 nitrogen and oxygen atoms in total. The highest BCUT2D eigenvalue weighted by Gasteiger charge is 2.24. The quantitative estimate of drug-likeness (QED) is 0.848. The summed E-state index contributed by atoms with van der Waals surface area (Å²) >= 11 is 5.92. The van der Waals surface area contributed by atoms with Crippen LogP contribution in [-0.2, 0) is 4.79 Å². The number of rotatable bonds is 4. The third-order valence-corrected chi connectivity index (χ3v) is 4.75. The number of carbonyl (C=O) groups is 2. The van der Waals surface area contributed by atoms with Crippen molar-refractivity contribution in [1.82, 2.24) is 10.2 Å². The van der Waals surface area contributed by atoms with Gasteiger partial charge in [0.15, 0.2) is 0 Å². The lowest BCUT2D eigenvalue weighted by molar-refractivity contribution is -0.117. The van der Waals surface area contributed by atoms with Crippen molar-refractivity contribution in [3.8, 4) is 0 Å². The summed E-state index contributed by atoms with van der Waals surface area (Å²) in [5.41, 5.74) is 1.76. The lowest BCUT2D eigenvalue weighted by Crippen LogP contribution is -2.54. The maximum absolute atomic E-state index is 12.5. The molecule has 1 heterocycles. The predicted molar refractivity (Wildman–Crippen MR) is 108 cm³/mol. The minimum atomic E-state index is -0.649. The molecule has 2 N–H and O–H groups in total. The summed E-state index contributed by atoms with van der Waals surface area (Å²) in [6.45, 7) is 4.42. The zero-order valence-corrected chi connectivity index (χ0v) is 15.9. The van der Waals surface area contributed by atoms with E-state index in [2.05, 4.69) is 27.7 Å². The van der Waals surface area contributed by atoms with E-state index in [0.717, 1.165) is 18.8 Å². The van der Waals surface area contributed by atoms with Gasteiger partial charge in [0.2, 0.25) is 5.91 Å². The molecule has 3 amide bonds. The molecule has 1 atom stereocenters. The number of carbonyl (C=O) groups excluding carboxylic acids is 2. The highest BCUT2D eigenvalue weighted by atomic mass is 35.5. The van der Waals surface area contributed by atoms with Crippen molar-refractivity contribution in [2.45, 2.75) is 13.0 Å². The first-order valence-corrected chi connectivity index (χ1v) is 9.32. The van der Waals surface area contributed by atoms with Gasteiger partial charge in [-0.2, -0.15) is 0 Å². The lowest BCUT2D eigenvalue weighted by Gasteiger charge is -2.36. The van der Waals surface area contributed by atoms with Gasteiger partial charge in [0.05, 0.1) is 0 Å². The molecule has 2 aromatic rings. The second kappa shape index (κ2) is 8.77. The molecule has 1 fully saturated rings. The zero-order valence-electron chi connectivity index (χ0n) is 15.2. The van der Waals surface area contributed by atoms with E-state index in [0.29, 0.717) is 23.8 Å². The molecule has 27 heavy (non-hydrogen) atoms. The molecule has 0 bridgehead atoms. The number of hydrogen-bond donors (Lipinski definition) is 2. The Labute approximate surface area is 164 Å². The average Bonchev–Trinajstić information content (AvgIpc) is 2.68. The summed E-state index contributed by atoms with van der Waals surface area (Å²) in [7, 11) is 0. The number of para-hydroxylation sites is 1. The Bertz CT molecular complexity index is 792. The van der Waals surface area contributed by atoms with Gasteiger partial charge in [0, 0.05) is 42.6 Å². The van der Waals surface area contributed by atoms with Gasteiger partial charge >= 0.3 is 6.03 Å². The van der Waals surface area contributed by atoms with Crippen molar-refractivity contribution < 1.29 is 9.59 Å². The molecule has 7 heteroatoms. The van der Waals surface area contributed by atoms with Crippen LogP contribution in [0.4, 0.5) is 16.2 Å². The van der Waals surface area contributed by atoms with E-state index < -0.39 is 6.04 Å².